The quantitative estimate of drug-likeness (QED) is 0.685. The molecule has 2 aromatic carbocycles. The van der Waals surface area contributed by atoms with Crippen LogP contribution in [0.1, 0.15) is 11.1 Å². The monoisotopic (exact) mass is 338 g/mol. The summed E-state index contributed by atoms with van der Waals surface area (Å²) < 4.78 is 46.3. The number of sulfone groups is 1. The van der Waals surface area contributed by atoms with Crippen molar-refractivity contribution in [3.63, 3.8) is 0 Å². The maximum absolute atomic E-state index is 12.3. The second-order valence-corrected chi connectivity index (χ2v) is 9.24. The molecule has 0 spiro atoms. The highest BCUT2D eigenvalue weighted by Crippen LogP contribution is 2.19. The van der Waals surface area contributed by atoms with Gasteiger partial charge < -0.3 is 4.55 Å². The standard InChI is InChI=1S/C16H18O4S2/c1-21(17,18)15-11-7-6-10-14(15)16(22(2,19)20)12-13-8-4-3-5-9-13/h3-11H,12H2,1-2H3,(H,19,20). The highest BCUT2D eigenvalue weighted by atomic mass is 32.2. The van der Waals surface area contributed by atoms with E-state index < -0.39 is 19.6 Å². The van der Waals surface area contributed by atoms with E-state index in [9.17, 15) is 17.2 Å². The summed E-state index contributed by atoms with van der Waals surface area (Å²) in [6, 6.07) is 15.5. The van der Waals surface area contributed by atoms with Crippen LogP contribution < -0.4 is 0 Å². The van der Waals surface area contributed by atoms with Gasteiger partial charge in [0.15, 0.2) is 9.84 Å². The Labute approximate surface area is 131 Å². The topological polar surface area (TPSA) is 71.4 Å². The predicted molar refractivity (Wildman–Crippen MR) is 90.5 cm³/mol. The van der Waals surface area contributed by atoms with Gasteiger partial charge in [-0.1, -0.05) is 48.5 Å². The molecular weight excluding hydrogens is 320 g/mol. The molecular formula is C16H18O4S2. The zero-order valence-corrected chi connectivity index (χ0v) is 14.0. The molecule has 0 aliphatic carbocycles. The molecule has 118 valence electrons. The molecule has 0 aliphatic rings. The van der Waals surface area contributed by atoms with E-state index in [0.29, 0.717) is 5.56 Å². The molecule has 1 N–H and O–H groups in total. The molecule has 0 aliphatic heterocycles. The molecule has 0 radical (unpaired) electrons. The number of benzene rings is 2. The SMILES string of the molecule is CS(=O)(=O)c1ccccc1C(Cc1ccccc1)=S(C)(=O)O. The minimum atomic E-state index is -3.49. The Morgan fingerprint density at radius 1 is 0.909 bits per heavy atom. The molecule has 0 aromatic heterocycles. The maximum Gasteiger partial charge on any atom is 0.176 e. The second kappa shape index (κ2) is 6.24. The minimum absolute atomic E-state index is 0.0737. The van der Waals surface area contributed by atoms with Crippen LogP contribution in [0.5, 0.6) is 0 Å². The van der Waals surface area contributed by atoms with Crippen LogP contribution in [0.2, 0.25) is 0 Å². The molecule has 0 saturated heterocycles. The number of rotatable bonds is 4. The van der Waals surface area contributed by atoms with Gasteiger partial charge >= 0.3 is 0 Å². The molecule has 0 fully saturated rings. The lowest BCUT2D eigenvalue weighted by molar-refractivity contribution is 0.565. The van der Waals surface area contributed by atoms with Gasteiger partial charge in [-0.3, -0.25) is 0 Å². The summed E-state index contributed by atoms with van der Waals surface area (Å²) in [5.41, 5.74) is 1.16. The number of hydrogen-bond acceptors (Lipinski definition) is 3. The molecule has 4 nitrogen and oxygen atoms in total. The van der Waals surface area contributed by atoms with Gasteiger partial charge in [-0.2, -0.15) is 0 Å². The van der Waals surface area contributed by atoms with Crippen LogP contribution >= 0.6 is 0 Å². The molecule has 2 aromatic rings. The molecule has 0 heterocycles. The van der Waals surface area contributed by atoms with Crippen LogP contribution in [-0.2, 0) is 26.1 Å². The Kier molecular flexibility index (Phi) is 4.75. The van der Waals surface area contributed by atoms with Gasteiger partial charge in [0.25, 0.3) is 0 Å². The van der Waals surface area contributed by atoms with Crippen molar-refractivity contribution in [1.82, 2.24) is 0 Å². The molecule has 1 atom stereocenters. The summed E-state index contributed by atoms with van der Waals surface area (Å²) >= 11 is 0. The third-order valence-corrected chi connectivity index (χ3v) is 5.69. The van der Waals surface area contributed by atoms with Crippen LogP contribution in [0.4, 0.5) is 0 Å². The first-order valence-electron chi connectivity index (χ1n) is 6.60. The van der Waals surface area contributed by atoms with Crippen molar-refractivity contribution in [2.75, 3.05) is 12.5 Å². The largest absolute Gasteiger partial charge is 0.313 e. The fraction of sp³-hybridized carbons (Fsp3) is 0.188. The highest BCUT2D eigenvalue weighted by Gasteiger charge is 2.19. The third kappa shape index (κ3) is 3.97. The molecule has 0 saturated carbocycles. The van der Waals surface area contributed by atoms with Gasteiger partial charge in [-0.25, -0.2) is 12.6 Å². The van der Waals surface area contributed by atoms with E-state index in [0.717, 1.165) is 11.8 Å². The fourth-order valence-electron chi connectivity index (χ4n) is 2.23. The van der Waals surface area contributed by atoms with Gasteiger partial charge in [0, 0.05) is 29.4 Å². The maximum atomic E-state index is 12.3. The van der Waals surface area contributed by atoms with E-state index in [4.69, 9.17) is 0 Å². The normalized spacial score (nSPS) is 14.3. The van der Waals surface area contributed by atoms with Crippen LogP contribution in [-0.4, -0.2) is 34.6 Å². The summed E-state index contributed by atoms with van der Waals surface area (Å²) in [6.07, 6.45) is 2.53. The Morgan fingerprint density at radius 3 is 2.00 bits per heavy atom. The van der Waals surface area contributed by atoms with Crippen LogP contribution in [0, 0.1) is 0 Å². The van der Waals surface area contributed by atoms with Crippen LogP contribution in [0.25, 0.3) is 0 Å². The average molecular weight is 338 g/mol. The van der Waals surface area contributed by atoms with Crippen LogP contribution in [0.3, 0.4) is 0 Å². The van der Waals surface area contributed by atoms with Gasteiger partial charge in [0.1, 0.15) is 0 Å². The van der Waals surface area contributed by atoms with E-state index >= 15 is 0 Å². The van der Waals surface area contributed by atoms with Crippen molar-refractivity contribution >= 4 is 24.5 Å². The van der Waals surface area contributed by atoms with Crippen molar-refractivity contribution in [1.29, 1.82) is 0 Å². The first-order chi connectivity index (χ1) is 10.2. The zero-order chi connectivity index (χ0) is 16.4. The lowest BCUT2D eigenvalue weighted by Gasteiger charge is -2.14. The van der Waals surface area contributed by atoms with Crippen LogP contribution in [0.15, 0.2) is 59.5 Å². The zero-order valence-electron chi connectivity index (χ0n) is 12.4. The van der Waals surface area contributed by atoms with Gasteiger partial charge in [0.05, 0.1) is 14.7 Å². The molecule has 22 heavy (non-hydrogen) atoms. The smallest absolute Gasteiger partial charge is 0.176 e. The average Bonchev–Trinajstić information content (AvgIpc) is 2.44. The van der Waals surface area contributed by atoms with Gasteiger partial charge in [-0.05, 0) is 11.6 Å². The van der Waals surface area contributed by atoms with Crippen molar-refractivity contribution in [2.24, 2.45) is 0 Å². The Balaban J connectivity index is 2.68. The summed E-state index contributed by atoms with van der Waals surface area (Å²) in [4.78, 5) is 0.296. The Hall–Kier alpha value is -1.63. The van der Waals surface area contributed by atoms with E-state index in [1.807, 2.05) is 30.3 Å². The Morgan fingerprint density at radius 2 is 1.45 bits per heavy atom. The van der Waals surface area contributed by atoms with Crippen molar-refractivity contribution in [2.45, 2.75) is 11.3 Å². The second-order valence-electron chi connectivity index (χ2n) is 5.16. The Bertz CT molecular complexity index is 883. The minimum Gasteiger partial charge on any atom is -0.313 e. The molecule has 2 rings (SSSR count). The van der Waals surface area contributed by atoms with E-state index in [1.165, 1.54) is 12.3 Å². The fourth-order valence-corrected chi connectivity index (χ4v) is 4.24. The van der Waals surface area contributed by atoms with E-state index in [2.05, 4.69) is 0 Å². The number of hydrogen-bond donors (Lipinski definition) is 1. The predicted octanol–water partition coefficient (Wildman–Crippen LogP) is 2.24. The van der Waals surface area contributed by atoms with Gasteiger partial charge in [0.2, 0.25) is 0 Å². The van der Waals surface area contributed by atoms with Crippen molar-refractivity contribution < 1.29 is 17.2 Å². The molecule has 0 amide bonds. The van der Waals surface area contributed by atoms with Crippen molar-refractivity contribution in [3.8, 4) is 0 Å². The molecule has 6 heteroatoms. The first kappa shape index (κ1) is 16.7. The van der Waals surface area contributed by atoms with Crippen molar-refractivity contribution in [3.05, 3.63) is 65.7 Å². The lowest BCUT2D eigenvalue weighted by atomic mass is 10.0. The van der Waals surface area contributed by atoms with E-state index in [1.54, 1.807) is 18.2 Å². The summed E-state index contributed by atoms with van der Waals surface area (Å²) in [7, 11) is -6.79. The highest BCUT2D eigenvalue weighted by molar-refractivity contribution is 7.97. The summed E-state index contributed by atoms with van der Waals surface area (Å²) in [5.74, 6) is 0. The molecule has 0 bridgehead atoms. The third-order valence-electron chi connectivity index (χ3n) is 3.25. The summed E-state index contributed by atoms with van der Waals surface area (Å²) in [6.45, 7) is 0. The van der Waals surface area contributed by atoms with E-state index in [-0.39, 0.29) is 16.2 Å². The lowest BCUT2D eigenvalue weighted by Crippen LogP contribution is -2.19. The summed E-state index contributed by atoms with van der Waals surface area (Å²) in [5, 5.41) is 0. The first-order valence-corrected chi connectivity index (χ1v) is 10.4. The molecule has 1 unspecified atom stereocenters. The van der Waals surface area contributed by atoms with Gasteiger partial charge in [-0.15, -0.1) is 0 Å².